The van der Waals surface area contributed by atoms with Gasteiger partial charge in [0.25, 0.3) is 5.91 Å². The molecule has 0 unspecified atom stereocenters. The number of carbonyl (C=O) groups is 1. The Hall–Kier alpha value is -2.10. The molecule has 0 radical (unpaired) electrons. The van der Waals surface area contributed by atoms with Crippen molar-refractivity contribution in [3.05, 3.63) is 59.3 Å². The van der Waals surface area contributed by atoms with Crippen LogP contribution in [0.3, 0.4) is 0 Å². The zero-order valence-corrected chi connectivity index (χ0v) is 11.3. The number of aryl methyl sites for hydroxylation is 1. The zero-order valence-electron chi connectivity index (χ0n) is 11.3. The molecule has 1 aromatic carbocycles. The van der Waals surface area contributed by atoms with Gasteiger partial charge in [-0.1, -0.05) is 12.1 Å². The van der Waals surface area contributed by atoms with Crippen molar-refractivity contribution in [2.45, 2.75) is 25.2 Å². The topological polar surface area (TPSA) is 42.2 Å². The highest BCUT2D eigenvalue weighted by atomic mass is 19.1. The number of amides is 1. The van der Waals surface area contributed by atoms with Crippen LogP contribution in [0.15, 0.2) is 41.0 Å². The number of benzene rings is 1. The molecule has 20 heavy (non-hydrogen) atoms. The predicted octanol–water partition coefficient (Wildman–Crippen LogP) is 3.19. The average molecular weight is 273 g/mol. The second-order valence-electron chi connectivity index (χ2n) is 5.36. The fourth-order valence-electron chi connectivity index (χ4n) is 2.49. The molecular formula is C16H16FNO2. The summed E-state index contributed by atoms with van der Waals surface area (Å²) in [6.45, 7) is 2.34. The van der Waals surface area contributed by atoms with Crippen LogP contribution in [-0.2, 0) is 5.41 Å². The number of furan rings is 1. The van der Waals surface area contributed by atoms with E-state index in [1.807, 2.05) is 0 Å². The Kier molecular flexibility index (Phi) is 3.08. The molecule has 104 valence electrons. The van der Waals surface area contributed by atoms with Crippen LogP contribution < -0.4 is 5.32 Å². The van der Waals surface area contributed by atoms with Crippen molar-refractivity contribution in [3.8, 4) is 0 Å². The monoisotopic (exact) mass is 273 g/mol. The van der Waals surface area contributed by atoms with Crippen LogP contribution in [0.4, 0.5) is 4.39 Å². The lowest BCUT2D eigenvalue weighted by molar-refractivity contribution is 0.0948. The fraction of sp³-hybridized carbons (Fsp3) is 0.312. The third kappa shape index (κ3) is 2.33. The summed E-state index contributed by atoms with van der Waals surface area (Å²) in [7, 11) is 0. The molecular weight excluding hydrogens is 257 g/mol. The lowest BCUT2D eigenvalue weighted by Gasteiger charge is -2.16. The van der Waals surface area contributed by atoms with Gasteiger partial charge in [0.2, 0.25) is 0 Å². The predicted molar refractivity (Wildman–Crippen MR) is 73.1 cm³/mol. The highest BCUT2D eigenvalue weighted by Crippen LogP contribution is 2.47. The number of rotatable bonds is 4. The molecule has 0 atom stereocenters. The molecule has 1 fully saturated rings. The van der Waals surface area contributed by atoms with Gasteiger partial charge in [-0.15, -0.1) is 0 Å². The van der Waals surface area contributed by atoms with Crippen molar-refractivity contribution >= 4 is 5.91 Å². The van der Waals surface area contributed by atoms with E-state index >= 15 is 0 Å². The van der Waals surface area contributed by atoms with Gasteiger partial charge in [0.05, 0.1) is 11.8 Å². The highest BCUT2D eigenvalue weighted by Gasteiger charge is 2.44. The standard InChI is InChI=1S/C16H16FNO2/c1-11-14(6-9-20-11)15(19)18-10-16(7-8-16)12-2-4-13(17)5-3-12/h2-6,9H,7-8,10H2,1H3,(H,18,19). The van der Waals surface area contributed by atoms with Gasteiger partial charge in [-0.3, -0.25) is 4.79 Å². The number of nitrogens with one attached hydrogen (secondary N) is 1. The molecule has 3 nitrogen and oxygen atoms in total. The van der Waals surface area contributed by atoms with Crippen molar-refractivity contribution in [3.63, 3.8) is 0 Å². The van der Waals surface area contributed by atoms with E-state index < -0.39 is 0 Å². The van der Waals surface area contributed by atoms with Crippen LogP contribution in [0.25, 0.3) is 0 Å². The van der Waals surface area contributed by atoms with Crippen LogP contribution in [0.2, 0.25) is 0 Å². The quantitative estimate of drug-likeness (QED) is 0.929. The first kappa shape index (κ1) is 12.9. The molecule has 1 aliphatic rings. The minimum absolute atomic E-state index is 0.0268. The summed E-state index contributed by atoms with van der Waals surface area (Å²) in [5, 5.41) is 2.95. The summed E-state index contributed by atoms with van der Waals surface area (Å²) in [6, 6.07) is 8.21. The lowest BCUT2D eigenvalue weighted by Crippen LogP contribution is -2.32. The highest BCUT2D eigenvalue weighted by molar-refractivity contribution is 5.95. The molecule has 0 saturated heterocycles. The maximum absolute atomic E-state index is 13.0. The average Bonchev–Trinajstić information content (AvgIpc) is 3.11. The Bertz CT molecular complexity index is 626. The molecule has 2 aromatic rings. The number of halogens is 1. The van der Waals surface area contributed by atoms with Gasteiger partial charge < -0.3 is 9.73 Å². The molecule has 1 saturated carbocycles. The number of hydrogen-bond acceptors (Lipinski definition) is 2. The van der Waals surface area contributed by atoms with Crippen LogP contribution in [-0.4, -0.2) is 12.5 Å². The largest absolute Gasteiger partial charge is 0.469 e. The first-order valence-electron chi connectivity index (χ1n) is 6.69. The van der Waals surface area contributed by atoms with Gasteiger partial charge in [-0.25, -0.2) is 4.39 Å². The summed E-state index contributed by atoms with van der Waals surface area (Å²) >= 11 is 0. The maximum atomic E-state index is 13.0. The van der Waals surface area contributed by atoms with Crippen molar-refractivity contribution in [1.29, 1.82) is 0 Å². The SMILES string of the molecule is Cc1occc1C(=O)NCC1(c2ccc(F)cc2)CC1. The Morgan fingerprint density at radius 3 is 2.55 bits per heavy atom. The van der Waals surface area contributed by atoms with Crippen LogP contribution in [0, 0.1) is 12.7 Å². The van der Waals surface area contributed by atoms with Gasteiger partial charge in [0.15, 0.2) is 0 Å². The molecule has 1 amide bonds. The number of hydrogen-bond donors (Lipinski definition) is 1. The summed E-state index contributed by atoms with van der Waals surface area (Å²) in [5.41, 5.74) is 1.63. The Balaban J connectivity index is 1.68. The zero-order chi connectivity index (χ0) is 14.2. The molecule has 4 heteroatoms. The summed E-state index contributed by atoms with van der Waals surface area (Å²) in [4.78, 5) is 12.1. The van der Waals surface area contributed by atoms with E-state index in [-0.39, 0.29) is 17.1 Å². The van der Waals surface area contributed by atoms with E-state index in [0.717, 1.165) is 18.4 Å². The van der Waals surface area contributed by atoms with Crippen molar-refractivity contribution < 1.29 is 13.6 Å². The van der Waals surface area contributed by atoms with Crippen LogP contribution in [0.1, 0.15) is 34.5 Å². The molecule has 1 aromatic heterocycles. The Morgan fingerprint density at radius 1 is 1.30 bits per heavy atom. The van der Waals surface area contributed by atoms with Gasteiger partial charge >= 0.3 is 0 Å². The third-order valence-electron chi connectivity index (χ3n) is 4.00. The summed E-state index contributed by atoms with van der Waals surface area (Å²) in [6.07, 6.45) is 3.55. The summed E-state index contributed by atoms with van der Waals surface area (Å²) < 4.78 is 18.1. The van der Waals surface area contributed by atoms with E-state index in [2.05, 4.69) is 5.32 Å². The van der Waals surface area contributed by atoms with E-state index in [1.165, 1.54) is 18.4 Å². The van der Waals surface area contributed by atoms with E-state index in [9.17, 15) is 9.18 Å². The Labute approximate surface area is 116 Å². The molecule has 1 aliphatic carbocycles. The molecule has 1 heterocycles. The van der Waals surface area contributed by atoms with Crippen molar-refractivity contribution in [1.82, 2.24) is 5.32 Å². The normalized spacial score (nSPS) is 15.9. The molecule has 0 aliphatic heterocycles. The van der Waals surface area contributed by atoms with Crippen molar-refractivity contribution in [2.75, 3.05) is 6.54 Å². The molecule has 3 rings (SSSR count). The summed E-state index contributed by atoms with van der Waals surface area (Å²) in [5.74, 6) is 0.265. The van der Waals surface area contributed by atoms with Crippen LogP contribution in [0.5, 0.6) is 0 Å². The third-order valence-corrected chi connectivity index (χ3v) is 4.00. The Morgan fingerprint density at radius 2 is 2.00 bits per heavy atom. The van der Waals surface area contributed by atoms with Gasteiger partial charge in [0.1, 0.15) is 11.6 Å². The van der Waals surface area contributed by atoms with Gasteiger partial charge in [0, 0.05) is 12.0 Å². The maximum Gasteiger partial charge on any atom is 0.254 e. The number of carbonyl (C=O) groups excluding carboxylic acids is 1. The van der Waals surface area contributed by atoms with E-state index in [1.54, 1.807) is 25.1 Å². The molecule has 0 bridgehead atoms. The van der Waals surface area contributed by atoms with Crippen molar-refractivity contribution in [2.24, 2.45) is 0 Å². The van der Waals surface area contributed by atoms with Crippen LogP contribution >= 0.6 is 0 Å². The van der Waals surface area contributed by atoms with E-state index in [4.69, 9.17) is 4.42 Å². The molecule has 0 spiro atoms. The first-order valence-corrected chi connectivity index (χ1v) is 6.69. The van der Waals surface area contributed by atoms with Gasteiger partial charge in [-0.05, 0) is 43.5 Å². The second-order valence-corrected chi connectivity index (χ2v) is 5.36. The van der Waals surface area contributed by atoms with Gasteiger partial charge in [-0.2, -0.15) is 0 Å². The minimum Gasteiger partial charge on any atom is -0.469 e. The lowest BCUT2D eigenvalue weighted by atomic mass is 9.96. The minimum atomic E-state index is -0.234. The van der Waals surface area contributed by atoms with E-state index in [0.29, 0.717) is 17.9 Å². The fourth-order valence-corrected chi connectivity index (χ4v) is 2.49. The molecule has 1 N–H and O–H groups in total. The first-order chi connectivity index (χ1) is 9.61. The second kappa shape index (κ2) is 4.78. The smallest absolute Gasteiger partial charge is 0.254 e.